The van der Waals surface area contributed by atoms with Crippen LogP contribution < -0.4 is 5.73 Å². The van der Waals surface area contributed by atoms with Gasteiger partial charge in [-0.1, -0.05) is 0 Å². The SMILES string of the molecule is CCOC1(CN)CCN(C2CCOCC2)CC1. The van der Waals surface area contributed by atoms with Gasteiger partial charge in [0.1, 0.15) is 0 Å². The Hall–Kier alpha value is -0.160. The van der Waals surface area contributed by atoms with Crippen LogP contribution in [0.25, 0.3) is 0 Å². The van der Waals surface area contributed by atoms with Crippen molar-refractivity contribution in [1.82, 2.24) is 4.90 Å². The smallest absolute Gasteiger partial charge is 0.0828 e. The quantitative estimate of drug-likeness (QED) is 0.799. The summed E-state index contributed by atoms with van der Waals surface area (Å²) in [5.41, 5.74) is 5.84. The summed E-state index contributed by atoms with van der Waals surface area (Å²) in [5.74, 6) is 0. The van der Waals surface area contributed by atoms with Crippen molar-refractivity contribution in [2.75, 3.05) is 39.5 Å². The molecule has 2 aliphatic rings. The first-order valence-corrected chi connectivity index (χ1v) is 6.95. The van der Waals surface area contributed by atoms with Crippen LogP contribution in [-0.4, -0.2) is 56.0 Å². The highest BCUT2D eigenvalue weighted by molar-refractivity contribution is 4.91. The van der Waals surface area contributed by atoms with Gasteiger partial charge >= 0.3 is 0 Å². The first-order chi connectivity index (χ1) is 8.29. The van der Waals surface area contributed by atoms with Crippen LogP contribution >= 0.6 is 0 Å². The van der Waals surface area contributed by atoms with Crippen molar-refractivity contribution in [3.05, 3.63) is 0 Å². The molecule has 4 heteroatoms. The molecule has 0 radical (unpaired) electrons. The van der Waals surface area contributed by atoms with Gasteiger partial charge in [0.25, 0.3) is 0 Å². The van der Waals surface area contributed by atoms with Gasteiger partial charge < -0.3 is 15.2 Å². The molecule has 2 fully saturated rings. The van der Waals surface area contributed by atoms with Crippen LogP contribution in [0.5, 0.6) is 0 Å². The largest absolute Gasteiger partial charge is 0.381 e. The van der Waals surface area contributed by atoms with Crippen LogP contribution in [-0.2, 0) is 9.47 Å². The molecular formula is C13H26N2O2. The van der Waals surface area contributed by atoms with E-state index in [0.29, 0.717) is 6.54 Å². The topological polar surface area (TPSA) is 47.7 Å². The zero-order valence-electron chi connectivity index (χ0n) is 11.0. The van der Waals surface area contributed by atoms with Crippen molar-refractivity contribution in [2.24, 2.45) is 5.73 Å². The van der Waals surface area contributed by atoms with E-state index in [0.717, 1.165) is 51.8 Å². The van der Waals surface area contributed by atoms with Gasteiger partial charge in [0.15, 0.2) is 0 Å². The molecule has 2 aliphatic heterocycles. The van der Waals surface area contributed by atoms with Gasteiger partial charge in [0.05, 0.1) is 5.60 Å². The molecule has 0 bridgehead atoms. The van der Waals surface area contributed by atoms with E-state index in [-0.39, 0.29) is 5.60 Å². The van der Waals surface area contributed by atoms with Crippen molar-refractivity contribution in [3.63, 3.8) is 0 Å². The van der Waals surface area contributed by atoms with Crippen LogP contribution in [0.4, 0.5) is 0 Å². The fourth-order valence-electron chi connectivity index (χ4n) is 3.06. The van der Waals surface area contributed by atoms with Crippen molar-refractivity contribution in [3.8, 4) is 0 Å². The standard InChI is InChI=1S/C13H26N2O2/c1-2-17-13(11-14)5-7-15(8-6-13)12-3-9-16-10-4-12/h12H,2-11,14H2,1H3. The minimum Gasteiger partial charge on any atom is -0.381 e. The Bertz CT molecular complexity index is 221. The van der Waals surface area contributed by atoms with Gasteiger partial charge in [-0.05, 0) is 32.6 Å². The molecule has 0 aliphatic carbocycles. The minimum atomic E-state index is -0.0452. The number of hydrogen-bond acceptors (Lipinski definition) is 4. The van der Waals surface area contributed by atoms with E-state index in [2.05, 4.69) is 11.8 Å². The third-order valence-electron chi connectivity index (χ3n) is 4.24. The molecule has 2 rings (SSSR count). The van der Waals surface area contributed by atoms with Gasteiger partial charge in [-0.3, -0.25) is 4.90 Å². The first kappa shape index (κ1) is 13.3. The molecule has 0 saturated carbocycles. The molecule has 0 aromatic carbocycles. The molecule has 0 unspecified atom stereocenters. The number of piperidine rings is 1. The summed E-state index contributed by atoms with van der Waals surface area (Å²) in [6, 6.07) is 0.723. The Kier molecular flexibility index (Phi) is 4.79. The molecule has 0 amide bonds. The van der Waals surface area contributed by atoms with Crippen molar-refractivity contribution < 1.29 is 9.47 Å². The Labute approximate surface area is 104 Å². The Balaban J connectivity index is 1.83. The summed E-state index contributed by atoms with van der Waals surface area (Å²) in [7, 11) is 0. The van der Waals surface area contributed by atoms with E-state index in [1.807, 2.05) is 0 Å². The van der Waals surface area contributed by atoms with E-state index in [4.69, 9.17) is 15.2 Å². The summed E-state index contributed by atoms with van der Waals surface area (Å²) in [4.78, 5) is 2.61. The summed E-state index contributed by atoms with van der Waals surface area (Å²) in [6.45, 7) is 7.59. The lowest BCUT2D eigenvalue weighted by molar-refractivity contribution is -0.0845. The second-order valence-electron chi connectivity index (χ2n) is 5.20. The zero-order valence-corrected chi connectivity index (χ0v) is 11.0. The number of rotatable bonds is 4. The maximum atomic E-state index is 5.88. The normalized spacial score (nSPS) is 27.2. The average molecular weight is 242 g/mol. The molecule has 100 valence electrons. The highest BCUT2D eigenvalue weighted by Gasteiger charge is 2.36. The molecule has 4 nitrogen and oxygen atoms in total. The summed E-state index contributed by atoms with van der Waals surface area (Å²) in [5, 5.41) is 0. The van der Waals surface area contributed by atoms with Gasteiger partial charge in [-0.25, -0.2) is 0 Å². The predicted octanol–water partition coefficient (Wildman–Crippen LogP) is 0.995. The molecular weight excluding hydrogens is 216 g/mol. The monoisotopic (exact) mass is 242 g/mol. The molecule has 2 saturated heterocycles. The van der Waals surface area contributed by atoms with E-state index >= 15 is 0 Å². The molecule has 0 atom stereocenters. The zero-order chi connectivity index (χ0) is 12.1. The lowest BCUT2D eigenvalue weighted by atomic mass is 9.89. The van der Waals surface area contributed by atoms with Crippen LogP contribution in [0.15, 0.2) is 0 Å². The highest BCUT2D eigenvalue weighted by Crippen LogP contribution is 2.28. The number of likely N-dealkylation sites (tertiary alicyclic amines) is 1. The maximum absolute atomic E-state index is 5.88. The average Bonchev–Trinajstić information content (AvgIpc) is 2.41. The fraction of sp³-hybridized carbons (Fsp3) is 1.00. The summed E-state index contributed by atoms with van der Waals surface area (Å²) in [6.07, 6.45) is 4.53. The van der Waals surface area contributed by atoms with Crippen LogP contribution in [0.2, 0.25) is 0 Å². The third-order valence-corrected chi connectivity index (χ3v) is 4.24. The van der Waals surface area contributed by atoms with Crippen LogP contribution in [0, 0.1) is 0 Å². The summed E-state index contributed by atoms with van der Waals surface area (Å²) < 4.78 is 11.3. The van der Waals surface area contributed by atoms with Crippen LogP contribution in [0.3, 0.4) is 0 Å². The van der Waals surface area contributed by atoms with Crippen molar-refractivity contribution in [1.29, 1.82) is 0 Å². The van der Waals surface area contributed by atoms with Gasteiger partial charge in [-0.15, -0.1) is 0 Å². The van der Waals surface area contributed by atoms with E-state index in [9.17, 15) is 0 Å². The van der Waals surface area contributed by atoms with E-state index in [1.165, 1.54) is 12.8 Å². The van der Waals surface area contributed by atoms with Crippen molar-refractivity contribution >= 4 is 0 Å². The third kappa shape index (κ3) is 3.19. The Morgan fingerprint density at radius 2 is 1.94 bits per heavy atom. The number of hydrogen-bond donors (Lipinski definition) is 1. The molecule has 0 spiro atoms. The predicted molar refractivity (Wildman–Crippen MR) is 68.1 cm³/mol. The highest BCUT2D eigenvalue weighted by atomic mass is 16.5. The number of ether oxygens (including phenoxy) is 2. The molecule has 2 N–H and O–H groups in total. The van der Waals surface area contributed by atoms with Crippen LogP contribution in [0.1, 0.15) is 32.6 Å². The van der Waals surface area contributed by atoms with E-state index in [1.54, 1.807) is 0 Å². The molecule has 0 aromatic heterocycles. The maximum Gasteiger partial charge on any atom is 0.0828 e. The molecule has 2 heterocycles. The Morgan fingerprint density at radius 1 is 1.29 bits per heavy atom. The number of nitrogens with two attached hydrogens (primary N) is 1. The second-order valence-corrected chi connectivity index (χ2v) is 5.20. The summed E-state index contributed by atoms with van der Waals surface area (Å²) >= 11 is 0. The van der Waals surface area contributed by atoms with Gasteiger partial charge in [0, 0.05) is 45.5 Å². The van der Waals surface area contributed by atoms with Crippen molar-refractivity contribution in [2.45, 2.75) is 44.2 Å². The molecule has 0 aromatic rings. The van der Waals surface area contributed by atoms with Gasteiger partial charge in [0.2, 0.25) is 0 Å². The van der Waals surface area contributed by atoms with E-state index < -0.39 is 0 Å². The van der Waals surface area contributed by atoms with Gasteiger partial charge in [-0.2, -0.15) is 0 Å². The molecule has 17 heavy (non-hydrogen) atoms. The number of nitrogens with zero attached hydrogens (tertiary/aromatic N) is 1. The fourth-order valence-corrected chi connectivity index (χ4v) is 3.06. The Morgan fingerprint density at radius 3 is 2.47 bits per heavy atom. The lowest BCUT2D eigenvalue weighted by Gasteiger charge is -2.44. The second kappa shape index (κ2) is 6.14. The lowest BCUT2D eigenvalue weighted by Crippen LogP contribution is -2.53. The minimum absolute atomic E-state index is 0.0452. The first-order valence-electron chi connectivity index (χ1n) is 6.95.